The van der Waals surface area contributed by atoms with E-state index in [0.29, 0.717) is 16.6 Å². The van der Waals surface area contributed by atoms with Crippen LogP contribution >= 0.6 is 22.9 Å². The summed E-state index contributed by atoms with van der Waals surface area (Å²) in [5, 5.41) is 0. The summed E-state index contributed by atoms with van der Waals surface area (Å²) in [6, 6.07) is 3.55. The Bertz CT molecular complexity index is 494. The van der Waals surface area contributed by atoms with Crippen LogP contribution in [0.5, 0.6) is 0 Å². The monoisotopic (exact) mass is 323 g/mol. The molecule has 0 atom stereocenters. The number of halogens is 1. The van der Waals surface area contributed by atoms with Gasteiger partial charge in [0.15, 0.2) is 0 Å². The van der Waals surface area contributed by atoms with Crippen molar-refractivity contribution in [2.75, 3.05) is 12.4 Å². The number of aryl methyl sites for hydroxylation is 1. The molecule has 1 aromatic rings. The molecule has 0 bridgehead atoms. The molecular formula is C13H22ClNO2S2. The third kappa shape index (κ3) is 5.42. The average molecular weight is 324 g/mol. The molecule has 1 rings (SSSR count). The summed E-state index contributed by atoms with van der Waals surface area (Å²) in [5.74, 6) is 0.612. The van der Waals surface area contributed by atoms with Crippen LogP contribution in [0.2, 0.25) is 0 Å². The fourth-order valence-corrected chi connectivity index (χ4v) is 4.40. The summed E-state index contributed by atoms with van der Waals surface area (Å²) in [5.41, 5.74) is -0.0766. The summed E-state index contributed by atoms with van der Waals surface area (Å²) in [6.45, 7) is 6.55. The third-order valence-electron chi connectivity index (χ3n) is 2.98. The van der Waals surface area contributed by atoms with E-state index in [9.17, 15) is 8.42 Å². The van der Waals surface area contributed by atoms with Crippen LogP contribution in [-0.2, 0) is 16.4 Å². The first-order valence-corrected chi connectivity index (χ1v) is 9.28. The van der Waals surface area contributed by atoms with Crippen molar-refractivity contribution >= 4 is 33.0 Å². The summed E-state index contributed by atoms with van der Waals surface area (Å²) in [7, 11) is -3.37. The first kappa shape index (κ1) is 17.0. The standard InChI is InChI=1S/C13H22ClNO2S2/c1-4-11-6-7-12(18-11)19(16,17)15-10-13(2,3)8-5-9-14/h6-7,15H,4-5,8-10H2,1-3H3. The van der Waals surface area contributed by atoms with Gasteiger partial charge in [0.25, 0.3) is 0 Å². The smallest absolute Gasteiger partial charge is 0.210 e. The Morgan fingerprint density at radius 2 is 2.05 bits per heavy atom. The van der Waals surface area contributed by atoms with Crippen LogP contribution in [0.25, 0.3) is 0 Å². The maximum absolute atomic E-state index is 12.2. The lowest BCUT2D eigenvalue weighted by Crippen LogP contribution is -2.33. The molecule has 0 aliphatic heterocycles. The molecule has 0 aliphatic carbocycles. The van der Waals surface area contributed by atoms with Crippen molar-refractivity contribution in [3.8, 4) is 0 Å². The molecule has 0 unspecified atom stereocenters. The lowest BCUT2D eigenvalue weighted by molar-refractivity contribution is 0.331. The van der Waals surface area contributed by atoms with Crippen LogP contribution in [0.3, 0.4) is 0 Å². The second-order valence-corrected chi connectivity index (χ2v) is 8.90. The fraction of sp³-hybridized carbons (Fsp3) is 0.692. The van der Waals surface area contributed by atoms with Crippen LogP contribution in [0.15, 0.2) is 16.3 Å². The lowest BCUT2D eigenvalue weighted by atomic mass is 9.88. The second kappa shape index (κ2) is 7.07. The number of rotatable bonds is 8. The van der Waals surface area contributed by atoms with E-state index in [1.165, 1.54) is 11.3 Å². The Balaban J connectivity index is 2.65. The van der Waals surface area contributed by atoms with Gasteiger partial charge in [0.05, 0.1) is 0 Å². The quantitative estimate of drug-likeness (QED) is 0.742. The van der Waals surface area contributed by atoms with Crippen molar-refractivity contribution in [3.05, 3.63) is 17.0 Å². The van der Waals surface area contributed by atoms with Crippen molar-refractivity contribution in [2.45, 2.75) is 44.2 Å². The highest BCUT2D eigenvalue weighted by molar-refractivity contribution is 7.91. The maximum atomic E-state index is 12.2. The predicted octanol–water partition coefficient (Wildman–Crippen LogP) is 3.63. The number of hydrogen-bond acceptors (Lipinski definition) is 3. The van der Waals surface area contributed by atoms with Crippen LogP contribution in [0.1, 0.15) is 38.5 Å². The number of nitrogens with one attached hydrogen (secondary N) is 1. The minimum absolute atomic E-state index is 0.0766. The first-order chi connectivity index (χ1) is 8.80. The molecule has 0 fully saturated rings. The van der Waals surface area contributed by atoms with Gasteiger partial charge in [0, 0.05) is 17.3 Å². The maximum Gasteiger partial charge on any atom is 0.250 e. The molecule has 0 aromatic carbocycles. The molecule has 19 heavy (non-hydrogen) atoms. The summed E-state index contributed by atoms with van der Waals surface area (Å²) in [4.78, 5) is 1.08. The molecule has 0 spiro atoms. The van der Waals surface area contributed by atoms with E-state index in [-0.39, 0.29) is 5.41 Å². The van der Waals surface area contributed by atoms with E-state index >= 15 is 0 Å². The minimum atomic E-state index is -3.37. The fourth-order valence-electron chi connectivity index (χ4n) is 1.69. The van der Waals surface area contributed by atoms with Gasteiger partial charge in [0.2, 0.25) is 10.0 Å². The van der Waals surface area contributed by atoms with E-state index < -0.39 is 10.0 Å². The average Bonchev–Trinajstić information content (AvgIpc) is 2.84. The van der Waals surface area contributed by atoms with Crippen molar-refractivity contribution in [1.29, 1.82) is 0 Å². The topological polar surface area (TPSA) is 46.2 Å². The highest BCUT2D eigenvalue weighted by Gasteiger charge is 2.23. The summed E-state index contributed by atoms with van der Waals surface area (Å²) >= 11 is 7.01. The minimum Gasteiger partial charge on any atom is -0.210 e. The molecule has 1 heterocycles. The Labute approximate surface area is 125 Å². The molecule has 0 saturated carbocycles. The van der Waals surface area contributed by atoms with Crippen LogP contribution in [-0.4, -0.2) is 20.8 Å². The SMILES string of the molecule is CCc1ccc(S(=O)(=O)NCC(C)(C)CCCCl)s1. The van der Waals surface area contributed by atoms with Gasteiger partial charge in [-0.15, -0.1) is 22.9 Å². The molecule has 1 N–H and O–H groups in total. The van der Waals surface area contributed by atoms with Crippen LogP contribution in [0.4, 0.5) is 0 Å². The largest absolute Gasteiger partial charge is 0.250 e. The van der Waals surface area contributed by atoms with Crippen molar-refractivity contribution in [1.82, 2.24) is 4.72 Å². The Morgan fingerprint density at radius 1 is 1.37 bits per heavy atom. The number of alkyl halides is 1. The van der Waals surface area contributed by atoms with E-state index in [2.05, 4.69) is 4.72 Å². The van der Waals surface area contributed by atoms with E-state index in [1.807, 2.05) is 26.8 Å². The van der Waals surface area contributed by atoms with Gasteiger partial charge < -0.3 is 0 Å². The Hall–Kier alpha value is -0.100. The van der Waals surface area contributed by atoms with Gasteiger partial charge in [-0.2, -0.15) is 0 Å². The zero-order valence-corrected chi connectivity index (χ0v) is 14.1. The lowest BCUT2D eigenvalue weighted by Gasteiger charge is -2.24. The van der Waals surface area contributed by atoms with E-state index in [1.54, 1.807) is 6.07 Å². The van der Waals surface area contributed by atoms with Gasteiger partial charge in [-0.25, -0.2) is 13.1 Å². The molecule has 6 heteroatoms. The van der Waals surface area contributed by atoms with Crippen molar-refractivity contribution in [3.63, 3.8) is 0 Å². The van der Waals surface area contributed by atoms with E-state index in [4.69, 9.17) is 11.6 Å². The number of sulfonamides is 1. The number of hydrogen-bond donors (Lipinski definition) is 1. The second-order valence-electron chi connectivity index (χ2n) is 5.36. The summed E-state index contributed by atoms with van der Waals surface area (Å²) in [6.07, 6.45) is 2.67. The Kier molecular flexibility index (Phi) is 6.30. The molecule has 0 aliphatic rings. The molecular weight excluding hydrogens is 302 g/mol. The molecule has 0 radical (unpaired) electrons. The molecule has 1 aromatic heterocycles. The first-order valence-electron chi connectivity index (χ1n) is 6.45. The third-order valence-corrected chi connectivity index (χ3v) is 6.37. The molecule has 3 nitrogen and oxygen atoms in total. The van der Waals surface area contributed by atoms with Gasteiger partial charge in [-0.05, 0) is 36.8 Å². The van der Waals surface area contributed by atoms with Gasteiger partial charge in [-0.1, -0.05) is 20.8 Å². The number of thiophene rings is 1. The van der Waals surface area contributed by atoms with Gasteiger partial charge in [0.1, 0.15) is 4.21 Å². The molecule has 0 amide bonds. The van der Waals surface area contributed by atoms with Gasteiger partial charge in [-0.3, -0.25) is 0 Å². The predicted molar refractivity (Wildman–Crippen MR) is 82.6 cm³/mol. The Morgan fingerprint density at radius 3 is 2.58 bits per heavy atom. The van der Waals surface area contributed by atoms with Crippen LogP contribution < -0.4 is 4.72 Å². The molecule has 110 valence electrons. The highest BCUT2D eigenvalue weighted by atomic mass is 35.5. The molecule has 0 saturated heterocycles. The van der Waals surface area contributed by atoms with Crippen molar-refractivity contribution < 1.29 is 8.42 Å². The normalized spacial score (nSPS) is 12.8. The van der Waals surface area contributed by atoms with E-state index in [0.717, 1.165) is 24.1 Å². The zero-order valence-electron chi connectivity index (χ0n) is 11.7. The van der Waals surface area contributed by atoms with Crippen LogP contribution in [0, 0.1) is 5.41 Å². The highest BCUT2D eigenvalue weighted by Crippen LogP contribution is 2.25. The van der Waals surface area contributed by atoms with Gasteiger partial charge >= 0.3 is 0 Å². The summed E-state index contributed by atoms with van der Waals surface area (Å²) < 4.78 is 27.4. The zero-order chi connectivity index (χ0) is 14.5. The van der Waals surface area contributed by atoms with Crippen molar-refractivity contribution in [2.24, 2.45) is 5.41 Å².